The zero-order valence-corrected chi connectivity index (χ0v) is 13.3. The van der Waals surface area contributed by atoms with E-state index in [1.54, 1.807) is 14.2 Å². The molecule has 1 aromatic carbocycles. The molecular formula is C15H21BrO3. The van der Waals surface area contributed by atoms with Gasteiger partial charge in [0.1, 0.15) is 16.0 Å². The number of aliphatic hydroxyl groups excluding tert-OH is 1. The molecule has 1 unspecified atom stereocenters. The maximum atomic E-state index is 10.7. The van der Waals surface area contributed by atoms with Crippen LogP contribution in [0.4, 0.5) is 0 Å². The van der Waals surface area contributed by atoms with E-state index in [-0.39, 0.29) is 5.41 Å². The van der Waals surface area contributed by atoms with E-state index in [1.807, 2.05) is 12.1 Å². The average Bonchev–Trinajstić information content (AvgIpc) is 2.85. The Kier molecular flexibility index (Phi) is 4.41. The molecule has 0 amide bonds. The molecule has 0 bridgehead atoms. The van der Waals surface area contributed by atoms with E-state index in [2.05, 4.69) is 22.9 Å². The first kappa shape index (κ1) is 14.7. The highest BCUT2D eigenvalue weighted by Gasteiger charge is 2.38. The number of rotatable bonds is 4. The van der Waals surface area contributed by atoms with Crippen LogP contribution in [-0.2, 0) is 0 Å². The first-order valence-electron chi connectivity index (χ1n) is 6.62. The summed E-state index contributed by atoms with van der Waals surface area (Å²) in [5.74, 6) is 1.38. The van der Waals surface area contributed by atoms with Crippen molar-refractivity contribution in [3.8, 4) is 11.5 Å². The highest BCUT2D eigenvalue weighted by Crippen LogP contribution is 2.51. The Balaban J connectivity index is 2.41. The molecule has 1 fully saturated rings. The third kappa shape index (κ3) is 2.61. The number of benzene rings is 1. The van der Waals surface area contributed by atoms with Crippen LogP contribution >= 0.6 is 15.9 Å². The van der Waals surface area contributed by atoms with Gasteiger partial charge in [0.15, 0.2) is 0 Å². The Morgan fingerprint density at radius 3 is 2.37 bits per heavy atom. The molecule has 2 rings (SSSR count). The Morgan fingerprint density at radius 1 is 1.21 bits per heavy atom. The first-order chi connectivity index (χ1) is 9.03. The summed E-state index contributed by atoms with van der Waals surface area (Å²) < 4.78 is 11.5. The van der Waals surface area contributed by atoms with Crippen molar-refractivity contribution < 1.29 is 14.6 Å². The van der Waals surface area contributed by atoms with Crippen LogP contribution in [0.2, 0.25) is 0 Å². The van der Waals surface area contributed by atoms with E-state index in [9.17, 15) is 5.11 Å². The molecule has 1 aliphatic rings. The van der Waals surface area contributed by atoms with Gasteiger partial charge in [-0.15, -0.1) is 0 Å². The Hall–Kier alpha value is -0.740. The minimum atomic E-state index is -0.507. The van der Waals surface area contributed by atoms with E-state index in [0.29, 0.717) is 11.5 Å². The molecule has 4 heteroatoms. The lowest BCUT2D eigenvalue weighted by Gasteiger charge is -2.31. The lowest BCUT2D eigenvalue weighted by atomic mass is 9.79. The maximum Gasteiger partial charge on any atom is 0.142 e. The summed E-state index contributed by atoms with van der Waals surface area (Å²) in [7, 11) is 3.24. The van der Waals surface area contributed by atoms with Gasteiger partial charge in [0, 0.05) is 5.56 Å². The van der Waals surface area contributed by atoms with Gasteiger partial charge in [-0.25, -0.2) is 0 Å². The van der Waals surface area contributed by atoms with Gasteiger partial charge in [0.05, 0.1) is 20.3 Å². The second kappa shape index (κ2) is 5.71. The SMILES string of the molecule is COc1ccc(C(O)C2(C)CCCC2)c(OC)c1Br. The van der Waals surface area contributed by atoms with Gasteiger partial charge in [0.2, 0.25) is 0 Å². The van der Waals surface area contributed by atoms with Gasteiger partial charge in [-0.3, -0.25) is 0 Å². The molecule has 1 aromatic rings. The van der Waals surface area contributed by atoms with Crippen LogP contribution in [0.25, 0.3) is 0 Å². The van der Waals surface area contributed by atoms with Gasteiger partial charge in [-0.05, 0) is 46.3 Å². The highest BCUT2D eigenvalue weighted by molar-refractivity contribution is 9.10. The van der Waals surface area contributed by atoms with Gasteiger partial charge in [-0.1, -0.05) is 19.8 Å². The standard InChI is InChI=1S/C15H21BrO3/c1-15(8-4-5-9-15)14(17)10-6-7-11(18-2)12(16)13(10)19-3/h6-7,14,17H,4-5,8-9H2,1-3H3. The van der Waals surface area contributed by atoms with Crippen LogP contribution in [-0.4, -0.2) is 19.3 Å². The monoisotopic (exact) mass is 328 g/mol. The number of halogens is 1. The average molecular weight is 329 g/mol. The Morgan fingerprint density at radius 2 is 1.84 bits per heavy atom. The third-order valence-corrected chi connectivity index (χ3v) is 4.97. The predicted octanol–water partition coefficient (Wildman–Crippen LogP) is 4.08. The van der Waals surface area contributed by atoms with Crippen molar-refractivity contribution in [2.75, 3.05) is 14.2 Å². The number of hydrogen-bond donors (Lipinski definition) is 1. The van der Waals surface area contributed by atoms with Gasteiger partial charge < -0.3 is 14.6 Å². The molecule has 1 aliphatic carbocycles. The first-order valence-corrected chi connectivity index (χ1v) is 7.41. The molecule has 106 valence electrons. The van der Waals surface area contributed by atoms with Crippen molar-refractivity contribution in [3.05, 3.63) is 22.2 Å². The summed E-state index contributed by atoms with van der Waals surface area (Å²) in [6.45, 7) is 2.16. The molecule has 0 heterocycles. The van der Waals surface area contributed by atoms with Crippen LogP contribution in [0.1, 0.15) is 44.3 Å². The molecule has 1 atom stereocenters. The summed E-state index contributed by atoms with van der Waals surface area (Å²) in [4.78, 5) is 0. The maximum absolute atomic E-state index is 10.7. The van der Waals surface area contributed by atoms with E-state index in [1.165, 1.54) is 12.8 Å². The Labute approximate surface area is 123 Å². The molecule has 0 saturated heterocycles. The molecule has 1 N–H and O–H groups in total. The fourth-order valence-electron chi connectivity index (χ4n) is 2.96. The number of ether oxygens (including phenoxy) is 2. The van der Waals surface area contributed by atoms with Gasteiger partial charge in [-0.2, -0.15) is 0 Å². The number of hydrogen-bond acceptors (Lipinski definition) is 3. The van der Waals surface area contributed by atoms with E-state index >= 15 is 0 Å². The van der Waals surface area contributed by atoms with Crippen LogP contribution < -0.4 is 9.47 Å². The predicted molar refractivity (Wildman–Crippen MR) is 78.8 cm³/mol. The lowest BCUT2D eigenvalue weighted by molar-refractivity contribution is 0.0387. The molecule has 19 heavy (non-hydrogen) atoms. The minimum absolute atomic E-state index is 0.0543. The minimum Gasteiger partial charge on any atom is -0.495 e. The summed E-state index contributed by atoms with van der Waals surface area (Å²) in [5.41, 5.74) is 0.779. The molecular weight excluding hydrogens is 308 g/mol. The van der Waals surface area contributed by atoms with Crippen LogP contribution in [0.3, 0.4) is 0 Å². The van der Waals surface area contributed by atoms with Crippen molar-refractivity contribution in [2.45, 2.75) is 38.7 Å². The van der Waals surface area contributed by atoms with E-state index in [0.717, 1.165) is 22.9 Å². The summed E-state index contributed by atoms with van der Waals surface area (Å²) in [6, 6.07) is 3.76. The lowest BCUT2D eigenvalue weighted by Crippen LogP contribution is -2.22. The van der Waals surface area contributed by atoms with E-state index in [4.69, 9.17) is 9.47 Å². The van der Waals surface area contributed by atoms with Gasteiger partial charge >= 0.3 is 0 Å². The summed E-state index contributed by atoms with van der Waals surface area (Å²) in [6.07, 6.45) is 3.98. The summed E-state index contributed by atoms with van der Waals surface area (Å²) >= 11 is 3.49. The van der Waals surface area contributed by atoms with Crippen molar-refractivity contribution in [3.63, 3.8) is 0 Å². The fourth-order valence-corrected chi connectivity index (χ4v) is 3.65. The van der Waals surface area contributed by atoms with Gasteiger partial charge in [0.25, 0.3) is 0 Å². The molecule has 1 saturated carbocycles. The zero-order chi connectivity index (χ0) is 14.0. The molecule has 3 nitrogen and oxygen atoms in total. The van der Waals surface area contributed by atoms with Crippen molar-refractivity contribution >= 4 is 15.9 Å². The second-order valence-electron chi connectivity index (χ2n) is 5.47. The van der Waals surface area contributed by atoms with E-state index < -0.39 is 6.10 Å². The topological polar surface area (TPSA) is 38.7 Å². The number of methoxy groups -OCH3 is 2. The van der Waals surface area contributed by atoms with Crippen LogP contribution in [0.5, 0.6) is 11.5 Å². The summed E-state index contributed by atoms with van der Waals surface area (Å²) in [5, 5.41) is 10.7. The fraction of sp³-hybridized carbons (Fsp3) is 0.600. The smallest absolute Gasteiger partial charge is 0.142 e. The van der Waals surface area contributed by atoms with Crippen molar-refractivity contribution in [1.82, 2.24) is 0 Å². The Bertz CT molecular complexity index is 453. The van der Waals surface area contributed by atoms with Crippen LogP contribution in [0.15, 0.2) is 16.6 Å². The van der Waals surface area contributed by atoms with Crippen molar-refractivity contribution in [2.24, 2.45) is 5.41 Å². The molecule has 0 aliphatic heterocycles. The number of aliphatic hydroxyl groups is 1. The largest absolute Gasteiger partial charge is 0.495 e. The normalized spacial score (nSPS) is 19.2. The second-order valence-corrected chi connectivity index (χ2v) is 6.26. The molecule has 0 spiro atoms. The molecule has 0 radical (unpaired) electrons. The third-order valence-electron chi connectivity index (χ3n) is 4.22. The zero-order valence-electron chi connectivity index (χ0n) is 11.7. The molecule has 0 aromatic heterocycles. The quantitative estimate of drug-likeness (QED) is 0.905. The van der Waals surface area contributed by atoms with Crippen LogP contribution in [0, 0.1) is 5.41 Å². The van der Waals surface area contributed by atoms with Crippen molar-refractivity contribution in [1.29, 1.82) is 0 Å². The highest BCUT2D eigenvalue weighted by atomic mass is 79.9.